The van der Waals surface area contributed by atoms with E-state index in [9.17, 15) is 5.11 Å². The third-order valence-corrected chi connectivity index (χ3v) is 4.36. The fourth-order valence-electron chi connectivity index (χ4n) is 3.32. The molecule has 0 amide bonds. The fraction of sp³-hybridized carbons (Fsp3) is 0.529. The van der Waals surface area contributed by atoms with Gasteiger partial charge in [-0.3, -0.25) is 4.90 Å². The average Bonchev–Trinajstić information content (AvgIpc) is 3.06. The molecule has 3 nitrogen and oxygen atoms in total. The number of likely N-dealkylation sites (tertiary alicyclic amines) is 1. The highest BCUT2D eigenvalue weighted by atomic mass is 16.3. The summed E-state index contributed by atoms with van der Waals surface area (Å²) in [6.07, 6.45) is 4.61. The van der Waals surface area contributed by atoms with E-state index in [-0.39, 0.29) is 0 Å². The molecule has 0 aliphatic carbocycles. The van der Waals surface area contributed by atoms with Crippen LogP contribution in [0, 0.1) is 5.92 Å². The van der Waals surface area contributed by atoms with Gasteiger partial charge >= 0.3 is 0 Å². The first kappa shape index (κ1) is 13.7. The smallest absolute Gasteiger partial charge is 0.0483 e. The number of hydrogen-bond acceptors (Lipinski definition) is 2. The van der Waals surface area contributed by atoms with Crippen molar-refractivity contribution in [3.63, 3.8) is 0 Å². The fourth-order valence-corrected chi connectivity index (χ4v) is 3.32. The van der Waals surface area contributed by atoms with Gasteiger partial charge in [-0.2, -0.15) is 0 Å². The Labute approximate surface area is 120 Å². The lowest BCUT2D eigenvalue weighted by atomic mass is 10.1. The predicted molar refractivity (Wildman–Crippen MR) is 82.7 cm³/mol. The lowest BCUT2D eigenvalue weighted by Gasteiger charge is -2.14. The van der Waals surface area contributed by atoms with Crippen LogP contribution in [0.2, 0.25) is 0 Å². The minimum atomic E-state index is 0.327. The van der Waals surface area contributed by atoms with Crippen LogP contribution >= 0.6 is 0 Å². The standard InChI is InChI=1S/C17H24N2O/c1-2-8-19-12-15(16-5-3-4-6-17(16)19)11-18-9-7-14(10-18)13-20/h3-6,12,14,20H,2,7-11,13H2,1H3. The molecule has 1 aliphatic heterocycles. The van der Waals surface area contributed by atoms with E-state index in [0.29, 0.717) is 12.5 Å². The molecule has 3 rings (SSSR count). The maximum absolute atomic E-state index is 9.26. The Balaban J connectivity index is 1.84. The van der Waals surface area contributed by atoms with Crippen LogP contribution in [0.4, 0.5) is 0 Å². The van der Waals surface area contributed by atoms with Crippen molar-refractivity contribution in [2.24, 2.45) is 5.92 Å². The van der Waals surface area contributed by atoms with Crippen molar-refractivity contribution >= 4 is 10.9 Å². The zero-order valence-electron chi connectivity index (χ0n) is 12.3. The van der Waals surface area contributed by atoms with E-state index < -0.39 is 0 Å². The maximum atomic E-state index is 9.26. The first-order chi connectivity index (χ1) is 9.81. The van der Waals surface area contributed by atoms with Crippen molar-refractivity contribution in [3.05, 3.63) is 36.0 Å². The van der Waals surface area contributed by atoms with Gasteiger partial charge < -0.3 is 9.67 Å². The molecule has 1 atom stereocenters. The number of nitrogens with zero attached hydrogens (tertiary/aromatic N) is 2. The van der Waals surface area contributed by atoms with Gasteiger partial charge in [0, 0.05) is 43.3 Å². The van der Waals surface area contributed by atoms with E-state index in [0.717, 1.165) is 39.0 Å². The SMILES string of the molecule is CCCn1cc(CN2CCC(CO)C2)c2ccccc21. The van der Waals surface area contributed by atoms with Gasteiger partial charge in [0.15, 0.2) is 0 Å². The molecule has 108 valence electrons. The van der Waals surface area contributed by atoms with E-state index in [4.69, 9.17) is 0 Å². The number of aliphatic hydroxyl groups excluding tert-OH is 1. The van der Waals surface area contributed by atoms with Crippen molar-refractivity contribution in [2.45, 2.75) is 32.9 Å². The van der Waals surface area contributed by atoms with Gasteiger partial charge in [-0.15, -0.1) is 0 Å². The summed E-state index contributed by atoms with van der Waals surface area (Å²) in [7, 11) is 0. The summed E-state index contributed by atoms with van der Waals surface area (Å²) in [6, 6.07) is 8.70. The summed E-state index contributed by atoms with van der Waals surface area (Å²) >= 11 is 0. The second-order valence-electron chi connectivity index (χ2n) is 5.94. The molecule has 1 N–H and O–H groups in total. The number of rotatable bonds is 5. The molecule has 0 saturated carbocycles. The lowest BCUT2D eigenvalue weighted by molar-refractivity contribution is 0.220. The van der Waals surface area contributed by atoms with Crippen LogP contribution in [-0.2, 0) is 13.1 Å². The molecule has 0 spiro atoms. The van der Waals surface area contributed by atoms with Crippen molar-refractivity contribution in [2.75, 3.05) is 19.7 Å². The number of fused-ring (bicyclic) bond motifs is 1. The maximum Gasteiger partial charge on any atom is 0.0483 e. The van der Waals surface area contributed by atoms with Gasteiger partial charge in [-0.05, 0) is 36.9 Å². The van der Waals surface area contributed by atoms with Gasteiger partial charge in [0.1, 0.15) is 0 Å². The van der Waals surface area contributed by atoms with Crippen molar-refractivity contribution in [1.82, 2.24) is 9.47 Å². The normalized spacial score (nSPS) is 20.0. The summed E-state index contributed by atoms with van der Waals surface area (Å²) in [5.74, 6) is 0.471. The highest BCUT2D eigenvalue weighted by molar-refractivity contribution is 5.83. The minimum Gasteiger partial charge on any atom is -0.396 e. The summed E-state index contributed by atoms with van der Waals surface area (Å²) in [4.78, 5) is 2.47. The monoisotopic (exact) mass is 272 g/mol. The first-order valence-corrected chi connectivity index (χ1v) is 7.71. The number of aryl methyl sites for hydroxylation is 1. The number of benzene rings is 1. The van der Waals surface area contributed by atoms with Crippen molar-refractivity contribution in [1.29, 1.82) is 0 Å². The number of hydrogen-bond donors (Lipinski definition) is 1. The molecule has 1 saturated heterocycles. The molecular formula is C17H24N2O. The van der Waals surface area contributed by atoms with E-state index in [2.05, 4.69) is 46.9 Å². The molecule has 2 heterocycles. The Bertz CT molecular complexity index is 575. The van der Waals surface area contributed by atoms with E-state index in [1.54, 1.807) is 0 Å². The Morgan fingerprint density at radius 3 is 2.90 bits per heavy atom. The average molecular weight is 272 g/mol. The lowest BCUT2D eigenvalue weighted by Crippen LogP contribution is -2.20. The van der Waals surface area contributed by atoms with Crippen LogP contribution in [0.1, 0.15) is 25.3 Å². The third-order valence-electron chi connectivity index (χ3n) is 4.36. The van der Waals surface area contributed by atoms with Crippen LogP contribution < -0.4 is 0 Å². The molecule has 1 aliphatic rings. The summed E-state index contributed by atoms with van der Waals surface area (Å²) in [5, 5.41) is 10.6. The number of para-hydroxylation sites is 1. The predicted octanol–water partition coefficient (Wildman–Crippen LogP) is 2.87. The Morgan fingerprint density at radius 2 is 2.15 bits per heavy atom. The Hall–Kier alpha value is -1.32. The van der Waals surface area contributed by atoms with Crippen LogP contribution in [0.15, 0.2) is 30.5 Å². The molecule has 1 unspecified atom stereocenters. The molecule has 2 aromatic rings. The number of aromatic nitrogens is 1. The minimum absolute atomic E-state index is 0.327. The molecular weight excluding hydrogens is 248 g/mol. The molecule has 20 heavy (non-hydrogen) atoms. The van der Waals surface area contributed by atoms with Crippen LogP contribution in [0.3, 0.4) is 0 Å². The van der Waals surface area contributed by atoms with Gasteiger partial charge in [-0.25, -0.2) is 0 Å². The van der Waals surface area contributed by atoms with Crippen molar-refractivity contribution < 1.29 is 5.11 Å². The van der Waals surface area contributed by atoms with Crippen LogP contribution in [0.25, 0.3) is 10.9 Å². The zero-order valence-corrected chi connectivity index (χ0v) is 12.3. The zero-order chi connectivity index (χ0) is 13.9. The highest BCUT2D eigenvalue weighted by Gasteiger charge is 2.22. The first-order valence-electron chi connectivity index (χ1n) is 7.71. The molecule has 0 bridgehead atoms. The molecule has 1 fully saturated rings. The molecule has 3 heteroatoms. The van der Waals surface area contributed by atoms with Gasteiger partial charge in [-0.1, -0.05) is 25.1 Å². The molecule has 0 radical (unpaired) electrons. The molecule has 1 aromatic carbocycles. The Morgan fingerprint density at radius 1 is 1.30 bits per heavy atom. The van der Waals surface area contributed by atoms with E-state index in [1.807, 2.05) is 0 Å². The van der Waals surface area contributed by atoms with E-state index in [1.165, 1.54) is 16.5 Å². The van der Waals surface area contributed by atoms with Crippen LogP contribution in [-0.4, -0.2) is 34.3 Å². The third kappa shape index (κ3) is 2.60. The highest BCUT2D eigenvalue weighted by Crippen LogP contribution is 2.25. The van der Waals surface area contributed by atoms with E-state index >= 15 is 0 Å². The molecule has 1 aromatic heterocycles. The second-order valence-corrected chi connectivity index (χ2v) is 5.94. The number of aliphatic hydroxyl groups is 1. The van der Waals surface area contributed by atoms with Crippen molar-refractivity contribution in [3.8, 4) is 0 Å². The Kier molecular flexibility index (Phi) is 4.08. The summed E-state index contributed by atoms with van der Waals surface area (Å²) in [5.41, 5.74) is 2.77. The summed E-state index contributed by atoms with van der Waals surface area (Å²) < 4.78 is 2.38. The van der Waals surface area contributed by atoms with Gasteiger partial charge in [0.05, 0.1) is 0 Å². The summed E-state index contributed by atoms with van der Waals surface area (Å²) in [6.45, 7) is 6.78. The van der Waals surface area contributed by atoms with Gasteiger partial charge in [0.2, 0.25) is 0 Å². The van der Waals surface area contributed by atoms with Gasteiger partial charge in [0.25, 0.3) is 0 Å². The largest absolute Gasteiger partial charge is 0.396 e. The topological polar surface area (TPSA) is 28.4 Å². The van der Waals surface area contributed by atoms with Crippen LogP contribution in [0.5, 0.6) is 0 Å². The quantitative estimate of drug-likeness (QED) is 0.906. The second kappa shape index (κ2) is 5.98.